The molecule has 0 radical (unpaired) electrons. The van der Waals surface area contributed by atoms with Gasteiger partial charge < -0.3 is 34.2 Å². The number of rotatable bonds is 19. The predicted octanol–water partition coefficient (Wildman–Crippen LogP) is 6.27. The van der Waals surface area contributed by atoms with Gasteiger partial charge in [-0.15, -0.1) is 0 Å². The first-order chi connectivity index (χ1) is 19.9. The van der Waals surface area contributed by atoms with E-state index in [4.69, 9.17) is 34.2 Å². The van der Waals surface area contributed by atoms with Gasteiger partial charge in [0.05, 0.1) is 20.3 Å². The van der Waals surface area contributed by atoms with Gasteiger partial charge in [-0.1, -0.05) is 59.4 Å². The summed E-state index contributed by atoms with van der Waals surface area (Å²) >= 11 is 0. The summed E-state index contributed by atoms with van der Waals surface area (Å²) in [4.78, 5) is 49.7. The Morgan fingerprint density at radius 3 is 1.95 bits per heavy atom. The van der Waals surface area contributed by atoms with E-state index >= 15 is 0 Å². The van der Waals surface area contributed by atoms with E-state index in [0.29, 0.717) is 30.7 Å². The molecule has 1 unspecified atom stereocenters. The van der Waals surface area contributed by atoms with Crippen LogP contribution in [-0.2, 0) is 35.0 Å². The number of nitrogens with two attached hydrogens (primary N) is 1. The highest BCUT2D eigenvalue weighted by Crippen LogP contribution is 2.32. The number of esters is 2. The Hall–Kier alpha value is -3.34. The number of carbonyl (C=O) groups is 4. The number of benzene rings is 1. The molecule has 0 saturated heterocycles. The summed E-state index contributed by atoms with van der Waals surface area (Å²) in [6.07, 6.45) is 3.33. The number of carbonyl (C=O) groups excluding carboxylic acids is 4. The van der Waals surface area contributed by atoms with Crippen LogP contribution < -0.4 is 15.2 Å². The third-order valence-electron chi connectivity index (χ3n) is 6.35. The van der Waals surface area contributed by atoms with Crippen LogP contribution >= 0.6 is 0 Å². The summed E-state index contributed by atoms with van der Waals surface area (Å²) in [5.74, 6) is -0.922. The first kappa shape index (κ1) is 36.7. The highest BCUT2D eigenvalue weighted by molar-refractivity contribution is 5.81. The number of ether oxygens (including phenoxy) is 6. The quantitative estimate of drug-likeness (QED) is 0.0834. The fourth-order valence-electron chi connectivity index (χ4n) is 4.12. The normalized spacial score (nSPS) is 13.0. The Labute approximate surface area is 249 Å². The molecular weight excluding hydrogens is 546 g/mol. The van der Waals surface area contributed by atoms with Gasteiger partial charge in [-0.05, 0) is 49.8 Å². The van der Waals surface area contributed by atoms with Gasteiger partial charge in [0.25, 0.3) is 0 Å². The Morgan fingerprint density at radius 2 is 1.43 bits per heavy atom. The van der Waals surface area contributed by atoms with Gasteiger partial charge in [0, 0.05) is 19.3 Å². The fourth-order valence-corrected chi connectivity index (χ4v) is 4.12. The summed E-state index contributed by atoms with van der Waals surface area (Å²) in [7, 11) is 1.22. The molecule has 1 aromatic carbocycles. The van der Waals surface area contributed by atoms with Crippen molar-refractivity contribution in [3.8, 4) is 11.5 Å². The molecule has 2 N–H and O–H groups in total. The molecule has 238 valence electrons. The maximum absolute atomic E-state index is 12.8. The molecule has 2 atom stereocenters. The van der Waals surface area contributed by atoms with Crippen molar-refractivity contribution in [2.45, 2.75) is 110 Å². The maximum Gasteiger partial charge on any atom is 0.513 e. The molecule has 11 nitrogen and oxygen atoms in total. The first-order valence-electron chi connectivity index (χ1n) is 14.8. The van der Waals surface area contributed by atoms with Crippen molar-refractivity contribution in [1.29, 1.82) is 0 Å². The predicted molar refractivity (Wildman–Crippen MR) is 156 cm³/mol. The summed E-state index contributed by atoms with van der Waals surface area (Å²) in [6.45, 7) is 10.1. The number of methoxy groups -OCH3 is 1. The van der Waals surface area contributed by atoms with E-state index in [9.17, 15) is 19.2 Å². The molecule has 0 aliphatic carbocycles. The molecule has 0 aliphatic heterocycles. The largest absolute Gasteiger partial charge is 0.513 e. The Kier molecular flexibility index (Phi) is 17.2. The second kappa shape index (κ2) is 19.7. The van der Waals surface area contributed by atoms with Gasteiger partial charge in [0.1, 0.15) is 11.6 Å². The standard InChI is InChI=1S/C31H49NO10/c1-7-9-11-17-38-29(35)41-25-15-14-24(19-26(25)42-30(36)39-18-12-10-8-2)21-31(32,28(34)37-6)20-23(5)40-27(33)16-13-22(3)4/h14-15,19,22-23H,7-13,16-18,20-21,32H2,1-6H3/t23-,31?/m0/s1. The van der Waals surface area contributed by atoms with Crippen molar-refractivity contribution in [3.63, 3.8) is 0 Å². The lowest BCUT2D eigenvalue weighted by Crippen LogP contribution is -2.53. The summed E-state index contributed by atoms with van der Waals surface area (Å²) < 4.78 is 31.4. The Bertz CT molecular complexity index is 996. The van der Waals surface area contributed by atoms with Crippen LogP contribution in [0.1, 0.15) is 98.0 Å². The summed E-state index contributed by atoms with van der Waals surface area (Å²) in [5, 5.41) is 0. The van der Waals surface area contributed by atoms with Gasteiger partial charge in [0.15, 0.2) is 11.5 Å². The van der Waals surface area contributed by atoms with Crippen LogP contribution in [-0.4, -0.2) is 56.2 Å². The van der Waals surface area contributed by atoms with E-state index in [-0.39, 0.29) is 49.9 Å². The second-order valence-electron chi connectivity index (χ2n) is 10.9. The molecule has 0 aliphatic rings. The third-order valence-corrected chi connectivity index (χ3v) is 6.35. The van der Waals surface area contributed by atoms with E-state index in [0.717, 1.165) is 25.7 Å². The third kappa shape index (κ3) is 14.5. The van der Waals surface area contributed by atoms with Gasteiger partial charge in [-0.25, -0.2) is 9.59 Å². The molecule has 0 amide bonds. The molecule has 0 saturated carbocycles. The van der Waals surface area contributed by atoms with Crippen LogP contribution in [0.5, 0.6) is 11.5 Å². The average molecular weight is 596 g/mol. The molecule has 0 aromatic heterocycles. The van der Waals surface area contributed by atoms with Gasteiger partial charge in [-0.2, -0.15) is 0 Å². The molecular formula is C31H49NO10. The fraction of sp³-hybridized carbons (Fsp3) is 0.677. The maximum atomic E-state index is 12.8. The lowest BCUT2D eigenvalue weighted by Gasteiger charge is -2.29. The molecule has 0 bridgehead atoms. The minimum absolute atomic E-state index is 0.0227. The van der Waals surface area contributed by atoms with Gasteiger partial charge in [-0.3, -0.25) is 9.59 Å². The second-order valence-corrected chi connectivity index (χ2v) is 10.9. The van der Waals surface area contributed by atoms with Gasteiger partial charge in [0.2, 0.25) is 0 Å². The van der Waals surface area contributed by atoms with Crippen LogP contribution in [0, 0.1) is 5.92 Å². The van der Waals surface area contributed by atoms with Crippen LogP contribution in [0.3, 0.4) is 0 Å². The van der Waals surface area contributed by atoms with E-state index in [1.165, 1.54) is 19.2 Å². The van der Waals surface area contributed by atoms with Crippen LogP contribution in [0.2, 0.25) is 0 Å². The number of hydrogen-bond donors (Lipinski definition) is 1. The number of unbranched alkanes of at least 4 members (excludes halogenated alkanes) is 4. The van der Waals surface area contributed by atoms with Crippen molar-refractivity contribution < 1.29 is 47.6 Å². The summed E-state index contributed by atoms with van der Waals surface area (Å²) in [6, 6.07) is 4.41. The van der Waals surface area contributed by atoms with E-state index in [1.54, 1.807) is 13.0 Å². The topological polar surface area (TPSA) is 150 Å². The van der Waals surface area contributed by atoms with Crippen molar-refractivity contribution in [2.24, 2.45) is 11.7 Å². The monoisotopic (exact) mass is 595 g/mol. The van der Waals surface area contributed by atoms with Crippen molar-refractivity contribution in [2.75, 3.05) is 20.3 Å². The first-order valence-corrected chi connectivity index (χ1v) is 14.8. The van der Waals surface area contributed by atoms with Crippen LogP contribution in [0.25, 0.3) is 0 Å². The minimum Gasteiger partial charge on any atom is -0.468 e. The average Bonchev–Trinajstić information content (AvgIpc) is 2.93. The minimum atomic E-state index is -1.58. The SMILES string of the molecule is CCCCCOC(=O)Oc1ccc(CC(N)(C[C@H](C)OC(=O)CCC(C)C)C(=O)OC)cc1OC(=O)OCCCCC. The summed E-state index contributed by atoms with van der Waals surface area (Å²) in [5.41, 5.74) is 5.42. The van der Waals surface area contributed by atoms with Crippen molar-refractivity contribution in [3.05, 3.63) is 23.8 Å². The molecule has 1 aromatic rings. The molecule has 0 heterocycles. The van der Waals surface area contributed by atoms with Crippen molar-refractivity contribution in [1.82, 2.24) is 0 Å². The molecule has 42 heavy (non-hydrogen) atoms. The van der Waals surface area contributed by atoms with E-state index < -0.39 is 29.9 Å². The smallest absolute Gasteiger partial charge is 0.468 e. The highest BCUT2D eigenvalue weighted by Gasteiger charge is 2.38. The molecule has 1 rings (SSSR count). The molecule has 0 fully saturated rings. The lowest BCUT2D eigenvalue weighted by atomic mass is 9.86. The lowest BCUT2D eigenvalue weighted by molar-refractivity contribution is -0.155. The highest BCUT2D eigenvalue weighted by atomic mass is 16.7. The van der Waals surface area contributed by atoms with E-state index in [2.05, 4.69) is 0 Å². The van der Waals surface area contributed by atoms with Crippen LogP contribution in [0.15, 0.2) is 18.2 Å². The van der Waals surface area contributed by atoms with Crippen LogP contribution in [0.4, 0.5) is 9.59 Å². The zero-order valence-corrected chi connectivity index (χ0v) is 26.0. The Balaban J connectivity index is 3.13. The molecule has 11 heteroatoms. The number of hydrogen-bond acceptors (Lipinski definition) is 11. The zero-order chi connectivity index (χ0) is 31.5. The van der Waals surface area contributed by atoms with E-state index in [1.807, 2.05) is 27.7 Å². The molecule has 0 spiro atoms. The van der Waals surface area contributed by atoms with Crippen molar-refractivity contribution >= 4 is 24.2 Å². The Morgan fingerprint density at radius 1 is 0.857 bits per heavy atom. The van der Waals surface area contributed by atoms with Gasteiger partial charge >= 0.3 is 24.2 Å². The zero-order valence-electron chi connectivity index (χ0n) is 26.0.